The lowest BCUT2D eigenvalue weighted by atomic mass is 10.4. The Morgan fingerprint density at radius 2 is 1.13 bits per heavy atom. The average molecular weight is 254 g/mol. The van der Waals surface area contributed by atoms with Gasteiger partial charge in [0.2, 0.25) is 0 Å². The van der Waals surface area contributed by atoms with Crippen molar-refractivity contribution in [2.24, 2.45) is 0 Å². The van der Waals surface area contributed by atoms with Gasteiger partial charge in [0.25, 0.3) is 0 Å². The number of hydrogen-bond donors (Lipinski definition) is 4. The molecular formula is C8H22O5Si2. The average Bonchev–Trinajstić information content (AvgIpc) is 2.10. The predicted octanol–water partition coefficient (Wildman–Crippen LogP) is 0.450. The van der Waals surface area contributed by atoms with Crippen LogP contribution >= 0.6 is 0 Å². The first kappa shape index (κ1) is 15.2. The van der Waals surface area contributed by atoms with Gasteiger partial charge in [-0.1, -0.05) is 26.7 Å². The highest BCUT2D eigenvalue weighted by atomic mass is 28.5. The van der Waals surface area contributed by atoms with Crippen molar-refractivity contribution in [1.29, 1.82) is 0 Å². The maximum absolute atomic E-state index is 9.47. The predicted molar refractivity (Wildman–Crippen MR) is 60.9 cm³/mol. The van der Waals surface area contributed by atoms with Crippen molar-refractivity contribution in [3.05, 3.63) is 0 Å². The summed E-state index contributed by atoms with van der Waals surface area (Å²) >= 11 is 0. The summed E-state index contributed by atoms with van der Waals surface area (Å²) in [6.07, 6.45) is 2.88. The Hall–Kier alpha value is 0.234. The molecule has 92 valence electrons. The highest BCUT2D eigenvalue weighted by molar-refractivity contribution is 6.72. The molecule has 0 amide bonds. The summed E-state index contributed by atoms with van der Waals surface area (Å²) in [7, 11) is -7.70. The van der Waals surface area contributed by atoms with E-state index in [1.165, 1.54) is 0 Å². The molecule has 0 spiro atoms. The smallest absolute Gasteiger partial charge is 0.390 e. The summed E-state index contributed by atoms with van der Waals surface area (Å²) in [6, 6.07) is 0.261. The molecule has 0 heterocycles. The van der Waals surface area contributed by atoms with Crippen LogP contribution in [0.25, 0.3) is 0 Å². The first-order valence-electron chi connectivity index (χ1n) is 5.42. The van der Waals surface area contributed by atoms with Gasteiger partial charge in [0, 0.05) is 12.1 Å². The van der Waals surface area contributed by atoms with Crippen LogP contribution in [0.2, 0.25) is 12.1 Å². The lowest BCUT2D eigenvalue weighted by Gasteiger charge is -2.25. The minimum Gasteiger partial charge on any atom is -0.390 e. The van der Waals surface area contributed by atoms with Gasteiger partial charge in [-0.15, -0.1) is 0 Å². The van der Waals surface area contributed by atoms with Crippen molar-refractivity contribution in [3.63, 3.8) is 0 Å². The second-order valence-electron chi connectivity index (χ2n) is 3.80. The van der Waals surface area contributed by atoms with Gasteiger partial charge in [0.05, 0.1) is 0 Å². The van der Waals surface area contributed by atoms with Crippen LogP contribution in [0.3, 0.4) is 0 Å². The van der Waals surface area contributed by atoms with E-state index < -0.39 is 17.6 Å². The fourth-order valence-electron chi connectivity index (χ4n) is 1.18. The minimum absolute atomic E-state index is 0.130. The Bertz CT molecular complexity index is 156. The molecule has 0 aromatic rings. The molecule has 0 saturated heterocycles. The molecule has 0 rings (SSSR count). The normalized spacial score (nSPS) is 13.2. The first-order valence-corrected chi connectivity index (χ1v) is 9.44. The molecule has 5 nitrogen and oxygen atoms in total. The van der Waals surface area contributed by atoms with Crippen LogP contribution < -0.4 is 0 Å². The van der Waals surface area contributed by atoms with Crippen molar-refractivity contribution < 1.29 is 23.3 Å². The van der Waals surface area contributed by atoms with E-state index in [1.807, 2.05) is 13.8 Å². The summed E-state index contributed by atoms with van der Waals surface area (Å²) in [4.78, 5) is 37.9. The van der Waals surface area contributed by atoms with Gasteiger partial charge in [-0.05, 0) is 12.8 Å². The van der Waals surface area contributed by atoms with Crippen molar-refractivity contribution in [2.45, 2.75) is 51.6 Å². The molecule has 0 atom stereocenters. The van der Waals surface area contributed by atoms with E-state index >= 15 is 0 Å². The van der Waals surface area contributed by atoms with Crippen LogP contribution in [0.4, 0.5) is 0 Å². The number of unbranched alkanes of at least 4 members (excludes halogenated alkanes) is 2. The Kier molecular flexibility index (Phi) is 6.84. The van der Waals surface area contributed by atoms with Crippen LogP contribution in [0.1, 0.15) is 39.5 Å². The Morgan fingerprint density at radius 3 is 1.40 bits per heavy atom. The van der Waals surface area contributed by atoms with E-state index in [4.69, 9.17) is 4.12 Å². The first-order chi connectivity index (χ1) is 6.83. The zero-order valence-corrected chi connectivity index (χ0v) is 11.4. The molecule has 0 radical (unpaired) electrons. The molecule has 0 aromatic heterocycles. The second kappa shape index (κ2) is 6.74. The lowest BCUT2D eigenvalue weighted by molar-refractivity contribution is 0.153. The van der Waals surface area contributed by atoms with E-state index in [2.05, 4.69) is 0 Å². The number of rotatable bonds is 8. The van der Waals surface area contributed by atoms with Crippen LogP contribution in [0, 0.1) is 0 Å². The molecular weight excluding hydrogens is 232 g/mol. The standard InChI is InChI=1S/C8H22O5Si2/c1-3-5-7-14(9,10)13-15(11,12)8-6-4-2/h9-12H,3-8H2,1-2H3. The van der Waals surface area contributed by atoms with Gasteiger partial charge in [0.15, 0.2) is 0 Å². The van der Waals surface area contributed by atoms with Crippen LogP contribution in [-0.2, 0) is 4.12 Å². The molecule has 15 heavy (non-hydrogen) atoms. The largest absolute Gasteiger partial charge is 0.488 e. The van der Waals surface area contributed by atoms with Crippen molar-refractivity contribution >= 4 is 17.6 Å². The fraction of sp³-hybridized carbons (Fsp3) is 1.00. The molecule has 0 fully saturated rings. The molecule has 0 unspecified atom stereocenters. The summed E-state index contributed by atoms with van der Waals surface area (Å²) in [6.45, 7) is 3.84. The quantitative estimate of drug-likeness (QED) is 0.472. The lowest BCUT2D eigenvalue weighted by Crippen LogP contribution is -2.52. The van der Waals surface area contributed by atoms with E-state index in [0.29, 0.717) is 12.8 Å². The topological polar surface area (TPSA) is 90.2 Å². The Labute approximate surface area is 93.1 Å². The Morgan fingerprint density at radius 1 is 0.800 bits per heavy atom. The van der Waals surface area contributed by atoms with Gasteiger partial charge in [-0.2, -0.15) is 0 Å². The summed E-state index contributed by atoms with van der Waals surface area (Å²) in [5, 5.41) is 0. The summed E-state index contributed by atoms with van der Waals surface area (Å²) in [5.74, 6) is 0. The monoisotopic (exact) mass is 254 g/mol. The van der Waals surface area contributed by atoms with Gasteiger partial charge >= 0.3 is 17.6 Å². The van der Waals surface area contributed by atoms with E-state index in [1.54, 1.807) is 0 Å². The van der Waals surface area contributed by atoms with Crippen LogP contribution in [0.15, 0.2) is 0 Å². The van der Waals surface area contributed by atoms with Crippen molar-refractivity contribution in [1.82, 2.24) is 0 Å². The van der Waals surface area contributed by atoms with E-state index in [0.717, 1.165) is 12.8 Å². The molecule has 0 aromatic carbocycles. The molecule has 0 aliphatic heterocycles. The van der Waals surface area contributed by atoms with Gasteiger partial charge < -0.3 is 23.3 Å². The van der Waals surface area contributed by atoms with Crippen molar-refractivity contribution in [3.8, 4) is 0 Å². The Balaban J connectivity index is 4.04. The van der Waals surface area contributed by atoms with Gasteiger partial charge in [0.1, 0.15) is 0 Å². The van der Waals surface area contributed by atoms with Crippen molar-refractivity contribution in [2.75, 3.05) is 0 Å². The SMILES string of the molecule is CCCC[Si](O)(O)O[Si](O)(O)CCCC. The summed E-state index contributed by atoms with van der Waals surface area (Å²) < 4.78 is 4.73. The zero-order valence-electron chi connectivity index (χ0n) is 9.44. The van der Waals surface area contributed by atoms with E-state index in [-0.39, 0.29) is 12.1 Å². The maximum atomic E-state index is 9.47. The molecule has 0 bridgehead atoms. The molecule has 7 heteroatoms. The van der Waals surface area contributed by atoms with E-state index in [9.17, 15) is 19.2 Å². The third kappa shape index (κ3) is 8.08. The number of hydrogen-bond acceptors (Lipinski definition) is 5. The highest BCUT2D eigenvalue weighted by Crippen LogP contribution is 2.17. The second-order valence-corrected chi connectivity index (χ2v) is 8.58. The minimum atomic E-state index is -3.85. The van der Waals surface area contributed by atoms with Gasteiger partial charge in [-0.25, -0.2) is 0 Å². The third-order valence-corrected chi connectivity index (χ3v) is 6.66. The zero-order chi connectivity index (χ0) is 11.9. The molecule has 4 N–H and O–H groups in total. The fourth-order valence-corrected chi connectivity index (χ4v) is 5.72. The van der Waals surface area contributed by atoms with Crippen LogP contribution in [-0.4, -0.2) is 36.8 Å². The highest BCUT2D eigenvalue weighted by Gasteiger charge is 2.44. The third-order valence-electron chi connectivity index (χ3n) is 2.04. The molecule has 0 aliphatic carbocycles. The molecule has 0 aliphatic rings. The van der Waals surface area contributed by atoms with Gasteiger partial charge in [-0.3, -0.25) is 0 Å². The summed E-state index contributed by atoms with van der Waals surface area (Å²) in [5.41, 5.74) is 0. The van der Waals surface area contributed by atoms with Crippen LogP contribution in [0.5, 0.6) is 0 Å². The maximum Gasteiger partial charge on any atom is 0.488 e. The molecule has 0 saturated carbocycles.